The van der Waals surface area contributed by atoms with Crippen LogP contribution >= 0.6 is 0 Å². The molecule has 1 aliphatic heterocycles. The summed E-state index contributed by atoms with van der Waals surface area (Å²) in [6.45, 7) is 16.0. The van der Waals surface area contributed by atoms with Crippen molar-refractivity contribution >= 4 is 37.8 Å². The van der Waals surface area contributed by atoms with Gasteiger partial charge in [-0.25, -0.2) is 4.79 Å². The van der Waals surface area contributed by atoms with Crippen molar-refractivity contribution in [3.8, 4) is 0 Å². The standard InChI is InChI=1S/C43H48N5O2Si.Zn/c1-8-34-26(3)38-22-32-16-18-36(45-32)42(28-10-12-29(13-11-28)43(49)50-20-21-51(5,6)7)37-19-17-33(46-37)23-39-27(4)35(9-2)41(48-39)25-31-15-14-30(44-31)24-40(34)47-38;/h10-19,22,24-25,46H,8-9,20-21,23H2,1-7H3,(H3-,44,45,47,48,49);/q-1;+2/p-1. The summed E-state index contributed by atoms with van der Waals surface area (Å²) < 4.78 is 5.64. The molecule has 262 valence electrons. The monoisotopic (exact) mass is 757 g/mol. The molecular formula is C43H47N5O2SiZn. The van der Waals surface area contributed by atoms with Crippen molar-refractivity contribution in [1.29, 1.82) is 0 Å². The molecule has 0 spiro atoms. The summed E-state index contributed by atoms with van der Waals surface area (Å²) in [5.41, 5.74) is 13.6. The Morgan fingerprint density at radius 1 is 0.731 bits per heavy atom. The molecule has 6 heterocycles. The molecule has 0 saturated carbocycles. The maximum Gasteiger partial charge on any atom is 2.00 e. The molecule has 10 bridgehead atoms. The van der Waals surface area contributed by atoms with Crippen molar-refractivity contribution in [2.75, 3.05) is 6.61 Å². The van der Waals surface area contributed by atoms with E-state index in [4.69, 9.17) is 14.7 Å². The van der Waals surface area contributed by atoms with Crippen molar-refractivity contribution in [2.45, 2.75) is 72.6 Å². The van der Waals surface area contributed by atoms with Crippen molar-refractivity contribution in [3.05, 3.63) is 150 Å². The predicted molar refractivity (Wildman–Crippen MR) is 209 cm³/mol. The summed E-state index contributed by atoms with van der Waals surface area (Å²) in [6, 6.07) is 21.4. The number of ether oxygens (including phenoxy) is 1. The summed E-state index contributed by atoms with van der Waals surface area (Å²) in [7, 11) is -1.30. The molecule has 0 atom stereocenters. The van der Waals surface area contributed by atoms with E-state index in [2.05, 4.69) is 117 Å². The smallest absolute Gasteiger partial charge is 0.660 e. The van der Waals surface area contributed by atoms with Crippen LogP contribution in [0, 0.1) is 13.8 Å². The Bertz CT molecular complexity index is 2480. The number of nitrogens with zero attached hydrogens (tertiary/aromatic N) is 2. The van der Waals surface area contributed by atoms with Gasteiger partial charge in [0.1, 0.15) is 0 Å². The molecular weight excluding hydrogens is 712 g/mol. The third-order valence-electron chi connectivity index (χ3n) is 10.00. The van der Waals surface area contributed by atoms with Crippen LogP contribution in [-0.2, 0) is 43.5 Å². The number of esters is 1. The van der Waals surface area contributed by atoms with Crippen LogP contribution in [-0.4, -0.2) is 35.6 Å². The van der Waals surface area contributed by atoms with Gasteiger partial charge >= 0.3 is 25.4 Å². The molecule has 7 nitrogen and oxygen atoms in total. The molecule has 52 heavy (non-hydrogen) atoms. The van der Waals surface area contributed by atoms with E-state index in [-0.39, 0.29) is 25.4 Å². The molecule has 5 aromatic heterocycles. The van der Waals surface area contributed by atoms with Gasteiger partial charge in [-0.15, -0.1) is 17.1 Å². The first-order valence-corrected chi connectivity index (χ1v) is 21.8. The first-order valence-electron chi connectivity index (χ1n) is 18.1. The average Bonchev–Trinajstić information content (AvgIpc) is 3.93. The molecule has 7 rings (SSSR count). The number of hydrogen-bond donors (Lipinski definition) is 3. The molecule has 0 radical (unpaired) electrons. The van der Waals surface area contributed by atoms with Gasteiger partial charge in [0.25, 0.3) is 0 Å². The Hall–Kier alpha value is -4.59. The number of carbonyl (C=O) groups is 1. The third-order valence-corrected chi connectivity index (χ3v) is 11.7. The van der Waals surface area contributed by atoms with Crippen LogP contribution in [0.4, 0.5) is 0 Å². The van der Waals surface area contributed by atoms with E-state index in [9.17, 15) is 4.79 Å². The van der Waals surface area contributed by atoms with E-state index < -0.39 is 8.07 Å². The summed E-state index contributed by atoms with van der Waals surface area (Å²) in [5, 5.41) is 3.97. The molecule has 1 aliphatic rings. The second kappa shape index (κ2) is 15.2. The van der Waals surface area contributed by atoms with Gasteiger partial charge in [0.2, 0.25) is 0 Å². The summed E-state index contributed by atoms with van der Waals surface area (Å²) in [6.07, 6.45) is 8.93. The number of aromatic amines is 3. The topological polar surface area (TPSA) is 102 Å². The van der Waals surface area contributed by atoms with E-state index in [1.54, 1.807) is 0 Å². The molecule has 3 N–H and O–H groups in total. The SMILES string of the molecule is CCc1c2[n-]c(c1C)/C=c1/cc/c([nH]1)=C(\c1ccc(C(=O)OCC[Si](C)(C)C)cc1)c1ccc([nH]1)Cc1[n-]c(c(CC)c1C)/C=c1/cc/c([nH]1)=C/2.[Zn+2]. The van der Waals surface area contributed by atoms with Crippen LogP contribution in [0.2, 0.25) is 25.7 Å². The molecule has 1 aromatic carbocycles. The minimum absolute atomic E-state index is 0. The van der Waals surface area contributed by atoms with Gasteiger partial charge in [-0.3, -0.25) is 0 Å². The zero-order valence-corrected chi connectivity index (χ0v) is 35.4. The van der Waals surface area contributed by atoms with Gasteiger partial charge in [0, 0.05) is 46.4 Å². The Morgan fingerprint density at radius 3 is 2.02 bits per heavy atom. The van der Waals surface area contributed by atoms with Gasteiger partial charge in [0.05, 0.1) is 12.2 Å². The molecule has 0 amide bonds. The third kappa shape index (κ3) is 7.76. The van der Waals surface area contributed by atoms with E-state index in [0.29, 0.717) is 18.6 Å². The predicted octanol–water partition coefficient (Wildman–Crippen LogP) is 5.46. The summed E-state index contributed by atoms with van der Waals surface area (Å²) in [4.78, 5) is 34.2. The second-order valence-electron chi connectivity index (χ2n) is 14.8. The molecule has 0 saturated heterocycles. The fourth-order valence-electron chi connectivity index (χ4n) is 7.05. The van der Waals surface area contributed by atoms with Gasteiger partial charge in [0.15, 0.2) is 0 Å². The Kier molecular flexibility index (Phi) is 10.9. The largest absolute Gasteiger partial charge is 2.00 e. The Balaban J connectivity index is 0.00000464. The number of aromatic nitrogens is 5. The van der Waals surface area contributed by atoms with E-state index in [1.165, 1.54) is 22.3 Å². The number of fused-ring (bicyclic) bond motifs is 10. The molecule has 0 aliphatic carbocycles. The van der Waals surface area contributed by atoms with Crippen LogP contribution in [0.3, 0.4) is 0 Å². The van der Waals surface area contributed by atoms with Crippen LogP contribution in [0.15, 0.2) is 60.7 Å². The molecule has 6 aromatic rings. The van der Waals surface area contributed by atoms with Crippen LogP contribution in [0.25, 0.3) is 23.8 Å². The van der Waals surface area contributed by atoms with Gasteiger partial charge in [-0.1, -0.05) is 86.1 Å². The minimum atomic E-state index is -1.30. The fraction of sp³-hybridized carbons (Fsp3) is 0.279. The number of nitrogens with one attached hydrogen (secondary N) is 3. The number of carbonyl (C=O) groups excluding carboxylic acids is 1. The Morgan fingerprint density at radius 2 is 1.35 bits per heavy atom. The van der Waals surface area contributed by atoms with Crippen LogP contribution < -0.4 is 31.4 Å². The first-order chi connectivity index (χ1) is 24.5. The van der Waals surface area contributed by atoms with Gasteiger partial charge in [-0.05, 0) is 93.2 Å². The first kappa shape index (κ1) is 37.2. The molecule has 0 fully saturated rings. The zero-order chi connectivity index (χ0) is 35.9. The van der Waals surface area contributed by atoms with Crippen molar-refractivity contribution in [3.63, 3.8) is 0 Å². The van der Waals surface area contributed by atoms with Crippen LogP contribution in [0.1, 0.15) is 86.2 Å². The Labute approximate surface area is 319 Å². The number of benzene rings is 1. The quantitative estimate of drug-likeness (QED) is 0.149. The van der Waals surface area contributed by atoms with Crippen molar-refractivity contribution in [2.24, 2.45) is 0 Å². The maximum absolute atomic E-state index is 12.9. The van der Waals surface area contributed by atoms with E-state index in [1.807, 2.05) is 24.3 Å². The number of hydrogen-bond acceptors (Lipinski definition) is 2. The molecule has 9 heteroatoms. The van der Waals surface area contributed by atoms with Crippen molar-refractivity contribution in [1.82, 2.24) is 24.9 Å². The number of rotatable bonds is 7. The second-order valence-corrected chi connectivity index (χ2v) is 20.5. The normalized spacial score (nSPS) is 15.7. The van der Waals surface area contributed by atoms with E-state index in [0.717, 1.165) is 85.6 Å². The van der Waals surface area contributed by atoms with Gasteiger partial charge in [-0.2, -0.15) is 5.69 Å². The maximum atomic E-state index is 12.9. The molecule has 0 unspecified atom stereocenters. The fourth-order valence-corrected chi connectivity index (χ4v) is 7.76. The van der Waals surface area contributed by atoms with Crippen LogP contribution in [0.5, 0.6) is 0 Å². The van der Waals surface area contributed by atoms with Crippen molar-refractivity contribution < 1.29 is 29.0 Å². The average molecular weight is 759 g/mol. The zero-order valence-electron chi connectivity index (χ0n) is 31.5. The summed E-state index contributed by atoms with van der Waals surface area (Å²) in [5.74, 6) is -0.280. The number of H-pyrrole nitrogens is 3. The summed E-state index contributed by atoms with van der Waals surface area (Å²) >= 11 is 0. The van der Waals surface area contributed by atoms with E-state index >= 15 is 0 Å². The van der Waals surface area contributed by atoms with Gasteiger partial charge < -0.3 is 29.7 Å². The minimum Gasteiger partial charge on any atom is -0.660 e.